The molecule has 3 heterocycles. The zero-order chi connectivity index (χ0) is 29.5. The summed E-state index contributed by atoms with van der Waals surface area (Å²) in [4.78, 5) is 23.5. The molecule has 0 atom stereocenters. The van der Waals surface area contributed by atoms with E-state index in [4.69, 9.17) is 9.47 Å². The van der Waals surface area contributed by atoms with E-state index in [-0.39, 0.29) is 18.7 Å². The van der Waals surface area contributed by atoms with Crippen molar-refractivity contribution in [1.82, 2.24) is 25.1 Å². The molecular weight excluding hydrogens is 548 g/mol. The summed E-state index contributed by atoms with van der Waals surface area (Å²) in [5, 5.41) is 22.4. The fourth-order valence-corrected chi connectivity index (χ4v) is 4.90. The number of anilines is 3. The van der Waals surface area contributed by atoms with Crippen LogP contribution in [0.15, 0.2) is 42.7 Å². The highest BCUT2D eigenvalue weighted by Gasteiger charge is 2.18. The van der Waals surface area contributed by atoms with E-state index in [9.17, 15) is 18.7 Å². The molecule has 4 aromatic rings. The molecule has 13 heteroatoms. The van der Waals surface area contributed by atoms with E-state index in [0.717, 1.165) is 57.1 Å². The number of nitrogens with zero attached hydrogens (tertiary/aromatic N) is 4. The molecule has 1 aliphatic rings. The van der Waals surface area contributed by atoms with Gasteiger partial charge >= 0.3 is 0 Å². The highest BCUT2D eigenvalue weighted by Crippen LogP contribution is 2.34. The van der Waals surface area contributed by atoms with Crippen molar-refractivity contribution < 1.29 is 28.2 Å². The van der Waals surface area contributed by atoms with Gasteiger partial charge in [0.1, 0.15) is 23.8 Å². The maximum absolute atomic E-state index is 13.8. The summed E-state index contributed by atoms with van der Waals surface area (Å²) in [7, 11) is 1.57. The Labute approximate surface area is 241 Å². The van der Waals surface area contributed by atoms with E-state index in [1.54, 1.807) is 25.3 Å². The number of ether oxygens (including phenoxy) is 2. The molecule has 0 radical (unpaired) electrons. The number of methoxy groups -OCH3 is 1. The molecule has 222 valence electrons. The van der Waals surface area contributed by atoms with Crippen molar-refractivity contribution in [2.24, 2.45) is 5.92 Å². The minimum absolute atomic E-state index is 0.134. The smallest absolute Gasteiger partial charge is 0.230 e. The number of aliphatic hydroxyl groups is 1. The topological polar surface area (TPSA) is 138 Å². The van der Waals surface area contributed by atoms with E-state index in [1.165, 1.54) is 6.33 Å². The van der Waals surface area contributed by atoms with Gasteiger partial charge in [-0.3, -0.25) is 9.89 Å². The summed E-state index contributed by atoms with van der Waals surface area (Å²) in [5.41, 5.74) is 0.861. The zero-order valence-electron chi connectivity index (χ0n) is 23.2. The second-order valence-corrected chi connectivity index (χ2v) is 10.2. The number of hydrogen-bond donors (Lipinski definition) is 4. The van der Waals surface area contributed by atoms with Gasteiger partial charge in [-0.1, -0.05) is 0 Å². The van der Waals surface area contributed by atoms with Crippen molar-refractivity contribution in [1.29, 1.82) is 0 Å². The number of carbonyl (C=O) groups is 1. The fraction of sp³-hybridized carbons (Fsp3) is 0.379. The Morgan fingerprint density at radius 1 is 1.14 bits per heavy atom. The molecule has 2 aromatic heterocycles. The summed E-state index contributed by atoms with van der Waals surface area (Å²) < 4.78 is 38.9. The van der Waals surface area contributed by atoms with Crippen LogP contribution in [-0.2, 0) is 11.2 Å². The molecule has 1 saturated heterocycles. The van der Waals surface area contributed by atoms with Crippen LogP contribution in [0.2, 0.25) is 0 Å². The van der Waals surface area contributed by atoms with Crippen LogP contribution >= 0.6 is 0 Å². The largest absolute Gasteiger partial charge is 0.493 e. The molecule has 0 bridgehead atoms. The van der Waals surface area contributed by atoms with Gasteiger partial charge in [0.25, 0.3) is 0 Å². The lowest BCUT2D eigenvalue weighted by molar-refractivity contribution is -0.115. The lowest BCUT2D eigenvalue weighted by atomic mass is 9.98. The van der Waals surface area contributed by atoms with Crippen molar-refractivity contribution in [3.63, 3.8) is 0 Å². The van der Waals surface area contributed by atoms with Crippen LogP contribution < -0.4 is 20.1 Å². The number of H-pyrrole nitrogens is 1. The molecule has 1 aliphatic heterocycles. The Morgan fingerprint density at radius 2 is 1.98 bits per heavy atom. The molecule has 2 aromatic carbocycles. The van der Waals surface area contributed by atoms with Gasteiger partial charge in [0.15, 0.2) is 17.3 Å². The molecule has 0 spiro atoms. The van der Waals surface area contributed by atoms with E-state index >= 15 is 0 Å². The number of likely N-dealkylation sites (tertiary alicyclic amines) is 1. The number of aromatic nitrogens is 4. The quantitative estimate of drug-likeness (QED) is 0.183. The number of rotatable bonds is 12. The summed E-state index contributed by atoms with van der Waals surface area (Å²) >= 11 is 0. The number of hydrogen-bond acceptors (Lipinski definition) is 9. The summed E-state index contributed by atoms with van der Waals surface area (Å²) in [5.74, 6) is 0.486. The van der Waals surface area contributed by atoms with Crippen LogP contribution in [0, 0.1) is 17.6 Å². The number of amides is 1. The second kappa shape index (κ2) is 13.5. The Balaban J connectivity index is 1.19. The molecule has 1 amide bonds. The van der Waals surface area contributed by atoms with Gasteiger partial charge in [0, 0.05) is 42.4 Å². The molecular formula is C29H33F2N7O4. The van der Waals surface area contributed by atoms with Crippen LogP contribution in [0.3, 0.4) is 0 Å². The number of fused-ring (bicyclic) bond motifs is 1. The Hall–Kier alpha value is -4.36. The number of carbonyl (C=O) groups excluding carboxylic acids is 1. The van der Waals surface area contributed by atoms with E-state index < -0.39 is 17.5 Å². The first-order valence-corrected chi connectivity index (χ1v) is 13.8. The number of nitrogens with one attached hydrogen (secondary N) is 3. The average Bonchev–Trinajstić information content (AvgIpc) is 3.43. The van der Waals surface area contributed by atoms with Gasteiger partial charge in [-0.15, -0.1) is 0 Å². The predicted molar refractivity (Wildman–Crippen MR) is 153 cm³/mol. The average molecular weight is 582 g/mol. The third kappa shape index (κ3) is 7.28. The van der Waals surface area contributed by atoms with Crippen molar-refractivity contribution >= 4 is 34.1 Å². The lowest BCUT2D eigenvalue weighted by Crippen LogP contribution is -2.35. The first kappa shape index (κ1) is 29.1. The van der Waals surface area contributed by atoms with E-state index in [0.29, 0.717) is 52.3 Å². The maximum atomic E-state index is 13.8. The number of benzene rings is 2. The van der Waals surface area contributed by atoms with Crippen LogP contribution in [-0.4, -0.2) is 76.0 Å². The normalized spacial score (nSPS) is 14.2. The Bertz CT molecular complexity index is 1530. The van der Waals surface area contributed by atoms with Crippen LogP contribution in [0.1, 0.15) is 25.0 Å². The second-order valence-electron chi connectivity index (χ2n) is 10.2. The summed E-state index contributed by atoms with van der Waals surface area (Å²) in [6, 6.07) is 8.06. The van der Waals surface area contributed by atoms with Crippen LogP contribution in [0.4, 0.5) is 26.1 Å². The number of piperidine rings is 1. The minimum atomic E-state index is -0.730. The monoisotopic (exact) mass is 581 g/mol. The number of aliphatic hydroxyl groups excluding tert-OH is 1. The molecule has 11 nitrogen and oxygen atoms in total. The third-order valence-electron chi connectivity index (χ3n) is 7.19. The Kier molecular flexibility index (Phi) is 9.39. The molecule has 0 unspecified atom stereocenters. The molecule has 5 rings (SSSR count). The fourth-order valence-electron chi connectivity index (χ4n) is 4.90. The van der Waals surface area contributed by atoms with Gasteiger partial charge < -0.3 is 30.1 Å². The highest BCUT2D eigenvalue weighted by molar-refractivity contribution is 5.93. The standard InChI is InChI=1S/C29H33F2N7O4/c1-41-25-14-21-23(15-26(25)42-10-2-7-38-8-5-18(16-39)6-9-38)32-17-33-29(21)35-27-12-20(36-37-27)13-28(40)34-24-11-19(30)3-4-22(24)31/h3-4,11-12,14-15,17-18,39H,2,5-10,13,16H2,1H3,(H,34,40)(H2,32,33,35,36,37). The minimum Gasteiger partial charge on any atom is -0.493 e. The molecule has 4 N–H and O–H groups in total. The Morgan fingerprint density at radius 3 is 2.76 bits per heavy atom. The first-order valence-electron chi connectivity index (χ1n) is 13.8. The molecule has 0 aliphatic carbocycles. The number of halogens is 2. The van der Waals surface area contributed by atoms with Crippen molar-refractivity contribution in [3.05, 3.63) is 60.1 Å². The van der Waals surface area contributed by atoms with Crippen molar-refractivity contribution in [2.45, 2.75) is 25.7 Å². The molecule has 1 fully saturated rings. The first-order chi connectivity index (χ1) is 20.4. The zero-order valence-corrected chi connectivity index (χ0v) is 23.2. The number of aromatic amines is 1. The van der Waals surface area contributed by atoms with Gasteiger partial charge in [-0.25, -0.2) is 18.7 Å². The SMILES string of the molecule is COc1cc2c(Nc3cc(CC(=O)Nc4cc(F)ccc4F)[nH]n3)ncnc2cc1OCCCN1CCC(CO)CC1. The maximum Gasteiger partial charge on any atom is 0.230 e. The van der Waals surface area contributed by atoms with Gasteiger partial charge in [0.05, 0.1) is 31.3 Å². The van der Waals surface area contributed by atoms with Gasteiger partial charge in [-0.05, 0) is 56.5 Å². The predicted octanol–water partition coefficient (Wildman–Crippen LogP) is 4.04. The highest BCUT2D eigenvalue weighted by atomic mass is 19.1. The molecule has 0 saturated carbocycles. The third-order valence-corrected chi connectivity index (χ3v) is 7.19. The van der Waals surface area contributed by atoms with Crippen molar-refractivity contribution in [2.75, 3.05) is 50.6 Å². The summed E-state index contributed by atoms with van der Waals surface area (Å²) in [6.07, 6.45) is 4.20. The van der Waals surface area contributed by atoms with E-state index in [2.05, 4.69) is 35.7 Å². The van der Waals surface area contributed by atoms with Crippen molar-refractivity contribution in [3.8, 4) is 11.5 Å². The summed E-state index contributed by atoms with van der Waals surface area (Å²) in [6.45, 7) is 3.71. The van der Waals surface area contributed by atoms with Gasteiger partial charge in [0.2, 0.25) is 5.91 Å². The van der Waals surface area contributed by atoms with Crippen LogP contribution in [0.5, 0.6) is 11.5 Å². The molecule has 42 heavy (non-hydrogen) atoms. The van der Waals surface area contributed by atoms with Crippen LogP contribution in [0.25, 0.3) is 10.9 Å². The lowest BCUT2D eigenvalue weighted by Gasteiger charge is -2.30. The van der Waals surface area contributed by atoms with Gasteiger partial charge in [-0.2, -0.15) is 5.10 Å². The van der Waals surface area contributed by atoms with E-state index in [1.807, 2.05) is 0 Å².